The molecule has 1 aliphatic heterocycles. The van der Waals surface area contributed by atoms with Crippen molar-refractivity contribution in [2.75, 3.05) is 21.7 Å². The van der Waals surface area contributed by atoms with E-state index in [0.29, 0.717) is 27.6 Å². The minimum atomic E-state index is -0.784. The zero-order valence-corrected chi connectivity index (χ0v) is 22.8. The number of carbonyl (C=O) groups is 4. The van der Waals surface area contributed by atoms with Crippen molar-refractivity contribution in [2.24, 2.45) is 0 Å². The number of amides is 5. The molecule has 1 aliphatic rings. The number of nitrogens with zero attached hydrogens (tertiary/aromatic N) is 2. The Hall–Kier alpha value is -4.92. The highest BCUT2D eigenvalue weighted by atomic mass is 35.5. The van der Waals surface area contributed by atoms with E-state index in [0.717, 1.165) is 9.80 Å². The molecule has 10 heteroatoms. The number of anilines is 3. The number of ether oxygens (including phenoxy) is 1. The molecule has 4 aromatic carbocycles. The van der Waals surface area contributed by atoms with Crippen molar-refractivity contribution in [3.8, 4) is 5.75 Å². The molecule has 1 heterocycles. The van der Waals surface area contributed by atoms with Crippen molar-refractivity contribution in [1.82, 2.24) is 0 Å². The summed E-state index contributed by atoms with van der Waals surface area (Å²) in [5.74, 6) is -1.71. The summed E-state index contributed by atoms with van der Waals surface area (Å²) in [4.78, 5) is 54.6. The molecule has 8 nitrogen and oxygen atoms in total. The number of urea groups is 1. The third-order valence-corrected chi connectivity index (χ3v) is 6.58. The highest BCUT2D eigenvalue weighted by Gasteiger charge is 2.43. The first-order chi connectivity index (χ1) is 19.8. The largest absolute Gasteiger partial charge is 0.482 e. The van der Waals surface area contributed by atoms with Crippen LogP contribution in [-0.2, 0) is 14.4 Å². The lowest BCUT2D eigenvalue weighted by atomic mass is 10.0. The van der Waals surface area contributed by atoms with Gasteiger partial charge in [0.25, 0.3) is 17.7 Å². The summed E-state index contributed by atoms with van der Waals surface area (Å²) in [6.07, 6.45) is 1.37. The topological polar surface area (TPSA) is 96.0 Å². The van der Waals surface area contributed by atoms with Crippen molar-refractivity contribution < 1.29 is 23.9 Å². The summed E-state index contributed by atoms with van der Waals surface area (Å²) in [6.45, 7) is -0.306. The second-order valence-electron chi connectivity index (χ2n) is 8.83. The summed E-state index contributed by atoms with van der Waals surface area (Å²) >= 11 is 12.3. The first kappa shape index (κ1) is 27.6. The van der Waals surface area contributed by atoms with Gasteiger partial charge in [0.15, 0.2) is 6.61 Å². The molecule has 0 aliphatic carbocycles. The number of benzene rings is 4. The Morgan fingerprint density at radius 3 is 1.85 bits per heavy atom. The number of nitrogens with one attached hydrogen (secondary N) is 1. The molecule has 204 valence electrons. The molecule has 0 unspecified atom stereocenters. The van der Waals surface area contributed by atoms with Crippen LogP contribution in [0.15, 0.2) is 109 Å². The van der Waals surface area contributed by atoms with Crippen LogP contribution in [0.2, 0.25) is 10.0 Å². The molecule has 1 N–H and O–H groups in total. The molecule has 41 heavy (non-hydrogen) atoms. The fourth-order valence-electron chi connectivity index (χ4n) is 4.10. The number of rotatable bonds is 7. The second-order valence-corrected chi connectivity index (χ2v) is 9.67. The first-order valence-electron chi connectivity index (χ1n) is 12.3. The SMILES string of the molecule is O=C(COc1ccc(C=C2C(=O)N(c3ccccc3)C(=O)N(c3ccccc3)C2=O)cc1Cl)Nc1ccc(Cl)cc1. The third kappa shape index (κ3) is 6.14. The number of halogens is 2. The number of para-hydroxylation sites is 2. The van der Waals surface area contributed by atoms with E-state index in [1.807, 2.05) is 0 Å². The van der Waals surface area contributed by atoms with Gasteiger partial charge in [-0.15, -0.1) is 0 Å². The second kappa shape index (κ2) is 12.1. The quantitative estimate of drug-likeness (QED) is 0.195. The average molecular weight is 586 g/mol. The van der Waals surface area contributed by atoms with Crippen molar-refractivity contribution in [3.63, 3.8) is 0 Å². The normalized spacial score (nSPS) is 13.3. The molecule has 1 fully saturated rings. The lowest BCUT2D eigenvalue weighted by Crippen LogP contribution is -2.57. The zero-order valence-electron chi connectivity index (χ0n) is 21.3. The molecule has 0 saturated carbocycles. The number of barbiturate groups is 1. The van der Waals surface area contributed by atoms with E-state index in [2.05, 4.69) is 5.32 Å². The van der Waals surface area contributed by atoms with Crippen LogP contribution in [0, 0.1) is 0 Å². The standard InChI is InChI=1S/C31H21Cl2N3O5/c32-21-12-14-22(15-13-21)34-28(37)19-41-27-16-11-20(18-26(27)33)17-25-29(38)35(23-7-3-1-4-8-23)31(40)36(30(25)39)24-9-5-2-6-10-24/h1-18H,19H2,(H,34,37). The van der Waals surface area contributed by atoms with E-state index in [1.54, 1.807) is 91.0 Å². The van der Waals surface area contributed by atoms with Gasteiger partial charge in [0, 0.05) is 10.7 Å². The third-order valence-electron chi connectivity index (χ3n) is 6.03. The van der Waals surface area contributed by atoms with Crippen LogP contribution >= 0.6 is 23.2 Å². The highest BCUT2D eigenvalue weighted by molar-refractivity contribution is 6.46. The fourth-order valence-corrected chi connectivity index (χ4v) is 4.47. The minimum absolute atomic E-state index is 0.158. The van der Waals surface area contributed by atoms with Gasteiger partial charge in [0.1, 0.15) is 11.3 Å². The smallest absolute Gasteiger partial charge is 0.343 e. The Kier molecular flexibility index (Phi) is 8.14. The predicted octanol–water partition coefficient (Wildman–Crippen LogP) is 6.59. The van der Waals surface area contributed by atoms with E-state index in [9.17, 15) is 19.2 Å². The summed E-state index contributed by atoms with van der Waals surface area (Å²) in [7, 11) is 0. The van der Waals surface area contributed by atoms with Gasteiger partial charge in [-0.2, -0.15) is 0 Å². The van der Waals surface area contributed by atoms with Crippen molar-refractivity contribution >= 4 is 70.1 Å². The van der Waals surface area contributed by atoms with E-state index in [4.69, 9.17) is 27.9 Å². The summed E-state index contributed by atoms with van der Waals surface area (Å²) in [6, 6.07) is 27.2. The van der Waals surface area contributed by atoms with Crippen LogP contribution in [0.1, 0.15) is 5.56 Å². The van der Waals surface area contributed by atoms with E-state index in [1.165, 1.54) is 18.2 Å². The number of hydrogen-bond donors (Lipinski definition) is 1. The summed E-state index contributed by atoms with van der Waals surface area (Å²) < 4.78 is 5.56. The van der Waals surface area contributed by atoms with Crippen LogP contribution in [0.25, 0.3) is 6.08 Å². The van der Waals surface area contributed by atoms with Gasteiger partial charge in [-0.3, -0.25) is 14.4 Å². The van der Waals surface area contributed by atoms with Crippen LogP contribution in [0.4, 0.5) is 21.9 Å². The van der Waals surface area contributed by atoms with E-state index in [-0.39, 0.29) is 23.0 Å². The number of hydrogen-bond acceptors (Lipinski definition) is 5. The highest BCUT2D eigenvalue weighted by Crippen LogP contribution is 2.31. The monoisotopic (exact) mass is 585 g/mol. The maximum absolute atomic E-state index is 13.5. The van der Waals surface area contributed by atoms with Crippen molar-refractivity contribution in [1.29, 1.82) is 0 Å². The van der Waals surface area contributed by atoms with Gasteiger partial charge in [-0.25, -0.2) is 14.6 Å². The molecule has 5 rings (SSSR count). The van der Waals surface area contributed by atoms with E-state index >= 15 is 0 Å². The molecular weight excluding hydrogens is 565 g/mol. The molecule has 0 radical (unpaired) electrons. The van der Waals surface area contributed by atoms with Gasteiger partial charge >= 0.3 is 6.03 Å². The van der Waals surface area contributed by atoms with Crippen molar-refractivity contribution in [2.45, 2.75) is 0 Å². The van der Waals surface area contributed by atoms with Gasteiger partial charge < -0.3 is 10.1 Å². The Morgan fingerprint density at radius 2 is 1.32 bits per heavy atom. The molecule has 0 atom stereocenters. The Labute approximate surface area is 245 Å². The van der Waals surface area contributed by atoms with Gasteiger partial charge in [0.05, 0.1) is 16.4 Å². The minimum Gasteiger partial charge on any atom is -0.482 e. The summed E-state index contributed by atoms with van der Waals surface area (Å²) in [5.41, 5.74) is 1.39. The Balaban J connectivity index is 1.39. The van der Waals surface area contributed by atoms with Crippen LogP contribution in [0.5, 0.6) is 5.75 Å². The maximum Gasteiger partial charge on any atom is 0.343 e. The van der Waals surface area contributed by atoms with Gasteiger partial charge in [0.2, 0.25) is 0 Å². The zero-order chi connectivity index (χ0) is 28.9. The molecule has 1 saturated heterocycles. The molecule has 0 aromatic heterocycles. The fraction of sp³-hybridized carbons (Fsp3) is 0.0323. The van der Waals surface area contributed by atoms with Crippen LogP contribution in [0.3, 0.4) is 0 Å². The Morgan fingerprint density at radius 1 is 0.756 bits per heavy atom. The molecule has 0 bridgehead atoms. The summed E-state index contributed by atoms with van der Waals surface area (Å²) in [5, 5.41) is 3.39. The first-order valence-corrected chi connectivity index (χ1v) is 13.1. The molecule has 0 spiro atoms. The maximum atomic E-state index is 13.5. The Bertz CT molecular complexity index is 1600. The average Bonchev–Trinajstić information content (AvgIpc) is 2.97. The lowest BCUT2D eigenvalue weighted by Gasteiger charge is -2.33. The van der Waals surface area contributed by atoms with Gasteiger partial charge in [-0.1, -0.05) is 65.7 Å². The molecule has 5 amide bonds. The molecular formula is C31H21Cl2N3O5. The van der Waals surface area contributed by atoms with Gasteiger partial charge in [-0.05, 0) is 72.3 Å². The van der Waals surface area contributed by atoms with Crippen LogP contribution < -0.4 is 19.9 Å². The number of imide groups is 2. The molecule has 4 aromatic rings. The lowest BCUT2D eigenvalue weighted by molar-refractivity contribution is -0.121. The van der Waals surface area contributed by atoms with Crippen LogP contribution in [-0.4, -0.2) is 30.4 Å². The van der Waals surface area contributed by atoms with E-state index < -0.39 is 23.8 Å². The van der Waals surface area contributed by atoms with Crippen molar-refractivity contribution in [3.05, 3.63) is 124 Å². The predicted molar refractivity (Wildman–Crippen MR) is 158 cm³/mol. The number of carbonyl (C=O) groups excluding carboxylic acids is 4.